The summed E-state index contributed by atoms with van der Waals surface area (Å²) in [4.78, 5) is 35.6. The number of hydrogen-bond donors (Lipinski definition) is 2. The Balaban J connectivity index is 1.74. The van der Waals surface area contributed by atoms with E-state index in [9.17, 15) is 14.4 Å². The van der Waals surface area contributed by atoms with Crippen LogP contribution in [0.4, 0.5) is 5.69 Å². The predicted molar refractivity (Wildman–Crippen MR) is 99.0 cm³/mol. The van der Waals surface area contributed by atoms with Crippen LogP contribution in [0, 0.1) is 0 Å². The Morgan fingerprint density at radius 2 is 1.81 bits per heavy atom. The second-order valence-electron chi connectivity index (χ2n) is 5.91. The SMILES string of the molecule is NC(=O)c1cc(=O)c2cccc(NC(=O)CCCc3ccccc3)c2o1. The Morgan fingerprint density at radius 3 is 2.54 bits per heavy atom. The van der Waals surface area contributed by atoms with E-state index in [1.165, 1.54) is 5.56 Å². The summed E-state index contributed by atoms with van der Waals surface area (Å²) in [5, 5.41) is 3.02. The zero-order valence-electron chi connectivity index (χ0n) is 14.0. The van der Waals surface area contributed by atoms with Gasteiger partial charge >= 0.3 is 0 Å². The second kappa shape index (κ2) is 7.65. The molecule has 0 atom stereocenters. The molecule has 0 radical (unpaired) electrons. The zero-order chi connectivity index (χ0) is 18.5. The summed E-state index contributed by atoms with van der Waals surface area (Å²) in [5.41, 5.74) is 6.45. The van der Waals surface area contributed by atoms with Crippen molar-refractivity contribution in [2.45, 2.75) is 19.3 Å². The van der Waals surface area contributed by atoms with Gasteiger partial charge in [-0.2, -0.15) is 0 Å². The lowest BCUT2D eigenvalue weighted by molar-refractivity contribution is -0.116. The van der Waals surface area contributed by atoms with Crippen molar-refractivity contribution in [1.29, 1.82) is 0 Å². The maximum atomic E-state index is 12.2. The van der Waals surface area contributed by atoms with Gasteiger partial charge in [0.25, 0.3) is 5.91 Å². The van der Waals surface area contributed by atoms with E-state index in [1.807, 2.05) is 30.3 Å². The Kier molecular flexibility index (Phi) is 5.12. The molecule has 0 bridgehead atoms. The number of benzene rings is 2. The van der Waals surface area contributed by atoms with Crippen LogP contribution in [-0.4, -0.2) is 11.8 Å². The van der Waals surface area contributed by atoms with Gasteiger partial charge < -0.3 is 15.5 Å². The van der Waals surface area contributed by atoms with Crippen molar-refractivity contribution in [3.8, 4) is 0 Å². The fourth-order valence-corrected chi connectivity index (χ4v) is 2.71. The van der Waals surface area contributed by atoms with Gasteiger partial charge in [0.1, 0.15) is 0 Å². The van der Waals surface area contributed by atoms with E-state index >= 15 is 0 Å². The quantitative estimate of drug-likeness (QED) is 0.713. The van der Waals surface area contributed by atoms with Crippen molar-refractivity contribution < 1.29 is 14.0 Å². The highest BCUT2D eigenvalue weighted by molar-refractivity contribution is 6.00. The standard InChI is InChI=1S/C20H18N2O4/c21-20(25)17-12-16(23)14-9-5-10-15(19(14)26-17)22-18(24)11-4-8-13-6-2-1-3-7-13/h1-3,5-7,9-10,12H,4,8,11H2,(H2,21,25)(H,22,24). The third-order valence-electron chi connectivity index (χ3n) is 3.98. The maximum absolute atomic E-state index is 12.2. The fourth-order valence-electron chi connectivity index (χ4n) is 2.71. The van der Waals surface area contributed by atoms with Gasteiger partial charge in [-0.05, 0) is 30.5 Å². The van der Waals surface area contributed by atoms with E-state index in [0.717, 1.165) is 12.5 Å². The minimum absolute atomic E-state index is 0.144. The van der Waals surface area contributed by atoms with Gasteiger partial charge in [0, 0.05) is 12.5 Å². The van der Waals surface area contributed by atoms with Gasteiger partial charge in [-0.3, -0.25) is 14.4 Å². The van der Waals surface area contributed by atoms with Crippen molar-refractivity contribution in [3.63, 3.8) is 0 Å². The summed E-state index contributed by atoms with van der Waals surface area (Å²) in [6.07, 6.45) is 1.81. The van der Waals surface area contributed by atoms with E-state index in [1.54, 1.807) is 18.2 Å². The predicted octanol–water partition coefficient (Wildman–Crippen LogP) is 2.85. The average molecular weight is 350 g/mol. The molecule has 2 amide bonds. The molecule has 6 nitrogen and oxygen atoms in total. The van der Waals surface area contributed by atoms with Gasteiger partial charge in [0.05, 0.1) is 11.1 Å². The van der Waals surface area contributed by atoms with E-state index in [2.05, 4.69) is 5.32 Å². The van der Waals surface area contributed by atoms with Gasteiger partial charge in [0.2, 0.25) is 5.91 Å². The highest BCUT2D eigenvalue weighted by Gasteiger charge is 2.13. The molecule has 0 spiro atoms. The molecule has 2 aromatic carbocycles. The summed E-state index contributed by atoms with van der Waals surface area (Å²) in [5.74, 6) is -1.28. The third kappa shape index (κ3) is 3.97. The van der Waals surface area contributed by atoms with Crippen LogP contribution < -0.4 is 16.5 Å². The number of rotatable bonds is 6. The first-order valence-electron chi connectivity index (χ1n) is 8.25. The number of anilines is 1. The number of para-hydroxylation sites is 1. The molecule has 0 aliphatic carbocycles. The van der Waals surface area contributed by atoms with Gasteiger partial charge in [-0.15, -0.1) is 0 Å². The molecule has 3 aromatic rings. The lowest BCUT2D eigenvalue weighted by Gasteiger charge is -2.08. The summed E-state index contributed by atoms with van der Waals surface area (Å²) < 4.78 is 5.42. The Morgan fingerprint density at radius 1 is 1.04 bits per heavy atom. The van der Waals surface area contributed by atoms with Crippen molar-refractivity contribution in [1.82, 2.24) is 0 Å². The molecule has 3 N–H and O–H groups in total. The van der Waals surface area contributed by atoms with Crippen molar-refractivity contribution in [2.75, 3.05) is 5.32 Å². The highest BCUT2D eigenvalue weighted by atomic mass is 16.3. The molecule has 0 aliphatic heterocycles. The zero-order valence-corrected chi connectivity index (χ0v) is 14.0. The van der Waals surface area contributed by atoms with Crippen molar-refractivity contribution >= 4 is 28.5 Å². The summed E-state index contributed by atoms with van der Waals surface area (Å²) in [6.45, 7) is 0. The number of carbonyl (C=O) groups excluding carboxylic acids is 2. The summed E-state index contributed by atoms with van der Waals surface area (Å²) in [7, 11) is 0. The first-order valence-corrected chi connectivity index (χ1v) is 8.25. The lowest BCUT2D eigenvalue weighted by Crippen LogP contribution is -2.16. The molecule has 0 fully saturated rings. The number of primary amides is 1. The van der Waals surface area contributed by atoms with Crippen LogP contribution in [0.1, 0.15) is 29.0 Å². The topological polar surface area (TPSA) is 102 Å². The first-order chi connectivity index (χ1) is 12.5. The minimum atomic E-state index is -0.840. The molecular weight excluding hydrogens is 332 g/mol. The second-order valence-corrected chi connectivity index (χ2v) is 5.91. The molecule has 1 aromatic heterocycles. The normalized spacial score (nSPS) is 10.6. The Bertz CT molecular complexity index is 1010. The third-order valence-corrected chi connectivity index (χ3v) is 3.98. The molecule has 26 heavy (non-hydrogen) atoms. The monoisotopic (exact) mass is 350 g/mol. The largest absolute Gasteiger partial charge is 0.448 e. The van der Waals surface area contributed by atoms with Crippen LogP contribution >= 0.6 is 0 Å². The van der Waals surface area contributed by atoms with Crippen LogP contribution in [0.5, 0.6) is 0 Å². The molecular formula is C20H18N2O4. The number of nitrogens with two attached hydrogens (primary N) is 1. The maximum Gasteiger partial charge on any atom is 0.284 e. The van der Waals surface area contributed by atoms with Crippen LogP contribution in [0.15, 0.2) is 63.8 Å². The van der Waals surface area contributed by atoms with Crippen LogP contribution in [0.2, 0.25) is 0 Å². The van der Waals surface area contributed by atoms with Crippen LogP contribution in [0.25, 0.3) is 11.0 Å². The molecule has 0 unspecified atom stereocenters. The molecule has 0 saturated heterocycles. The van der Waals surface area contributed by atoms with Gasteiger partial charge in [0.15, 0.2) is 16.8 Å². The van der Waals surface area contributed by atoms with E-state index in [0.29, 0.717) is 18.5 Å². The molecule has 0 aliphatic rings. The highest BCUT2D eigenvalue weighted by Crippen LogP contribution is 2.22. The van der Waals surface area contributed by atoms with Crippen LogP contribution in [-0.2, 0) is 11.2 Å². The number of aryl methyl sites for hydroxylation is 1. The Labute approximate surface area is 149 Å². The fraction of sp³-hybridized carbons (Fsp3) is 0.150. The smallest absolute Gasteiger partial charge is 0.284 e. The average Bonchev–Trinajstić information content (AvgIpc) is 2.63. The number of hydrogen-bond acceptors (Lipinski definition) is 4. The van der Waals surface area contributed by atoms with Gasteiger partial charge in [-0.1, -0.05) is 36.4 Å². The van der Waals surface area contributed by atoms with Gasteiger partial charge in [-0.25, -0.2) is 0 Å². The number of carbonyl (C=O) groups is 2. The van der Waals surface area contributed by atoms with E-state index < -0.39 is 5.91 Å². The molecule has 132 valence electrons. The molecule has 6 heteroatoms. The minimum Gasteiger partial charge on any atom is -0.448 e. The molecule has 1 heterocycles. The molecule has 0 saturated carbocycles. The summed E-state index contributed by atoms with van der Waals surface area (Å²) >= 11 is 0. The number of fused-ring (bicyclic) bond motifs is 1. The summed E-state index contributed by atoms with van der Waals surface area (Å²) in [6, 6.07) is 15.8. The van der Waals surface area contributed by atoms with Crippen molar-refractivity contribution in [2.24, 2.45) is 5.73 Å². The van der Waals surface area contributed by atoms with Crippen LogP contribution in [0.3, 0.4) is 0 Å². The Hall–Kier alpha value is -3.41. The van der Waals surface area contributed by atoms with Crippen molar-refractivity contribution in [3.05, 3.63) is 76.1 Å². The van der Waals surface area contributed by atoms with E-state index in [4.69, 9.17) is 10.2 Å². The van der Waals surface area contributed by atoms with E-state index in [-0.39, 0.29) is 28.1 Å². The first kappa shape index (κ1) is 17.4. The lowest BCUT2D eigenvalue weighted by atomic mass is 10.1. The molecule has 3 rings (SSSR count). The number of nitrogens with one attached hydrogen (secondary N) is 1. The number of amides is 2.